The van der Waals surface area contributed by atoms with E-state index in [1.54, 1.807) is 0 Å². The number of anilines is 1. The Hall–Kier alpha value is -1.46. The summed E-state index contributed by atoms with van der Waals surface area (Å²) in [4.78, 5) is 10.9. The van der Waals surface area contributed by atoms with Gasteiger partial charge < -0.3 is 10.3 Å². The van der Waals surface area contributed by atoms with Gasteiger partial charge in [0.25, 0.3) is 0 Å². The van der Waals surface area contributed by atoms with Crippen LogP contribution in [0.1, 0.15) is 12.8 Å². The SMILES string of the molecule is Nc1cn(CCCC(F)(F)F)ccc1=O. The maximum Gasteiger partial charge on any atom is 0.389 e. The van der Waals surface area contributed by atoms with Gasteiger partial charge >= 0.3 is 6.18 Å². The van der Waals surface area contributed by atoms with E-state index in [0.29, 0.717) is 0 Å². The van der Waals surface area contributed by atoms with E-state index in [2.05, 4.69) is 0 Å². The van der Waals surface area contributed by atoms with Crippen LogP contribution in [0.15, 0.2) is 23.3 Å². The third kappa shape index (κ3) is 4.05. The first-order chi connectivity index (χ1) is 6.88. The Morgan fingerprint density at radius 1 is 1.40 bits per heavy atom. The number of nitrogen functional groups attached to an aromatic ring is 1. The van der Waals surface area contributed by atoms with Gasteiger partial charge in [0.05, 0.1) is 5.69 Å². The maximum atomic E-state index is 11.8. The minimum absolute atomic E-state index is 0.0220. The molecule has 84 valence electrons. The van der Waals surface area contributed by atoms with Crippen LogP contribution in [0.4, 0.5) is 18.9 Å². The number of nitrogens with zero attached hydrogens (tertiary/aromatic N) is 1. The smallest absolute Gasteiger partial charge is 0.389 e. The van der Waals surface area contributed by atoms with Crippen LogP contribution < -0.4 is 11.2 Å². The van der Waals surface area contributed by atoms with Crippen molar-refractivity contribution in [2.45, 2.75) is 25.6 Å². The number of hydrogen-bond acceptors (Lipinski definition) is 2. The van der Waals surface area contributed by atoms with Gasteiger partial charge in [-0.05, 0) is 6.42 Å². The quantitative estimate of drug-likeness (QED) is 0.843. The fraction of sp³-hybridized carbons (Fsp3) is 0.444. The van der Waals surface area contributed by atoms with Crippen molar-refractivity contribution in [1.29, 1.82) is 0 Å². The molecule has 1 rings (SSSR count). The highest BCUT2D eigenvalue weighted by Crippen LogP contribution is 2.21. The molecule has 2 N–H and O–H groups in total. The lowest BCUT2D eigenvalue weighted by Gasteiger charge is -2.08. The molecule has 0 aliphatic carbocycles. The molecule has 0 saturated heterocycles. The number of alkyl halides is 3. The van der Waals surface area contributed by atoms with Crippen LogP contribution in [0, 0.1) is 0 Å². The Kier molecular flexibility index (Phi) is 3.39. The number of hydrogen-bond donors (Lipinski definition) is 1. The molecule has 0 aliphatic heterocycles. The fourth-order valence-corrected chi connectivity index (χ4v) is 1.15. The number of rotatable bonds is 3. The summed E-state index contributed by atoms with van der Waals surface area (Å²) >= 11 is 0. The van der Waals surface area contributed by atoms with Gasteiger partial charge in [0.1, 0.15) is 0 Å². The first-order valence-corrected chi connectivity index (χ1v) is 4.41. The average molecular weight is 220 g/mol. The van der Waals surface area contributed by atoms with Gasteiger partial charge in [-0.1, -0.05) is 0 Å². The molecule has 0 bridgehead atoms. The monoisotopic (exact) mass is 220 g/mol. The van der Waals surface area contributed by atoms with Crippen LogP contribution in [-0.2, 0) is 6.54 Å². The van der Waals surface area contributed by atoms with Crippen LogP contribution in [0.3, 0.4) is 0 Å². The van der Waals surface area contributed by atoms with E-state index in [9.17, 15) is 18.0 Å². The van der Waals surface area contributed by atoms with Crippen LogP contribution in [-0.4, -0.2) is 10.7 Å². The minimum Gasteiger partial charge on any atom is -0.394 e. The number of aromatic nitrogens is 1. The highest BCUT2D eigenvalue weighted by atomic mass is 19.4. The Balaban J connectivity index is 2.52. The summed E-state index contributed by atoms with van der Waals surface area (Å²) in [5.74, 6) is 0. The van der Waals surface area contributed by atoms with Crippen molar-refractivity contribution >= 4 is 5.69 Å². The van der Waals surface area contributed by atoms with Gasteiger partial charge in [0.15, 0.2) is 0 Å². The maximum absolute atomic E-state index is 11.8. The Bertz CT molecular complexity index is 384. The summed E-state index contributed by atoms with van der Waals surface area (Å²) in [6, 6.07) is 1.24. The second-order valence-electron chi connectivity index (χ2n) is 3.22. The van der Waals surface area contributed by atoms with Crippen LogP contribution in [0.25, 0.3) is 0 Å². The van der Waals surface area contributed by atoms with Crippen LogP contribution in [0.2, 0.25) is 0 Å². The van der Waals surface area contributed by atoms with Crippen molar-refractivity contribution in [3.8, 4) is 0 Å². The molecule has 1 aromatic rings. The molecule has 1 heterocycles. The zero-order valence-corrected chi connectivity index (χ0v) is 7.92. The average Bonchev–Trinajstić information content (AvgIpc) is 2.09. The van der Waals surface area contributed by atoms with Gasteiger partial charge in [-0.15, -0.1) is 0 Å². The first kappa shape index (κ1) is 11.6. The van der Waals surface area contributed by atoms with E-state index in [1.807, 2.05) is 0 Å². The summed E-state index contributed by atoms with van der Waals surface area (Å²) in [6.07, 6.45) is -2.22. The summed E-state index contributed by atoms with van der Waals surface area (Å²) < 4.78 is 36.9. The molecule has 0 radical (unpaired) electrons. The highest BCUT2D eigenvalue weighted by molar-refractivity contribution is 5.33. The van der Waals surface area contributed by atoms with E-state index in [4.69, 9.17) is 5.73 Å². The van der Waals surface area contributed by atoms with E-state index < -0.39 is 12.6 Å². The third-order valence-corrected chi connectivity index (χ3v) is 1.88. The molecule has 6 heteroatoms. The lowest BCUT2D eigenvalue weighted by atomic mass is 10.3. The van der Waals surface area contributed by atoms with Crippen molar-refractivity contribution in [3.05, 3.63) is 28.7 Å². The molecular weight excluding hydrogens is 209 g/mol. The summed E-state index contributed by atoms with van der Waals surface area (Å²) in [5.41, 5.74) is 5.05. The van der Waals surface area contributed by atoms with Gasteiger partial charge in [0, 0.05) is 31.4 Å². The molecule has 0 aromatic carbocycles. The molecular formula is C9H11F3N2O. The van der Waals surface area contributed by atoms with E-state index in [-0.39, 0.29) is 24.1 Å². The zero-order valence-electron chi connectivity index (χ0n) is 7.92. The molecule has 0 saturated carbocycles. The zero-order chi connectivity index (χ0) is 11.5. The number of nitrogens with two attached hydrogens (primary N) is 1. The van der Waals surface area contributed by atoms with E-state index in [0.717, 1.165) is 0 Å². The molecule has 1 aromatic heterocycles. The standard InChI is InChI=1S/C9H11F3N2O/c10-9(11,12)3-1-4-14-5-2-8(15)7(13)6-14/h2,5-6H,1,3-4,13H2. The molecule has 3 nitrogen and oxygen atoms in total. The fourth-order valence-electron chi connectivity index (χ4n) is 1.15. The third-order valence-electron chi connectivity index (χ3n) is 1.88. The highest BCUT2D eigenvalue weighted by Gasteiger charge is 2.25. The lowest BCUT2D eigenvalue weighted by Crippen LogP contribution is -2.13. The van der Waals surface area contributed by atoms with Crippen molar-refractivity contribution in [2.24, 2.45) is 0 Å². The number of halogens is 3. The molecule has 0 atom stereocenters. The largest absolute Gasteiger partial charge is 0.394 e. The Labute approximate surface area is 84.3 Å². The van der Waals surface area contributed by atoms with E-state index in [1.165, 1.54) is 23.0 Å². The van der Waals surface area contributed by atoms with Crippen molar-refractivity contribution in [3.63, 3.8) is 0 Å². The Morgan fingerprint density at radius 2 is 2.07 bits per heavy atom. The van der Waals surface area contributed by atoms with Crippen molar-refractivity contribution in [2.75, 3.05) is 5.73 Å². The summed E-state index contributed by atoms with van der Waals surface area (Å²) in [7, 11) is 0. The molecule has 0 unspecified atom stereocenters. The Morgan fingerprint density at radius 3 is 2.60 bits per heavy atom. The van der Waals surface area contributed by atoms with Gasteiger partial charge in [-0.25, -0.2) is 0 Å². The topological polar surface area (TPSA) is 48.0 Å². The predicted molar refractivity (Wildman–Crippen MR) is 50.4 cm³/mol. The molecule has 0 fully saturated rings. The lowest BCUT2D eigenvalue weighted by molar-refractivity contribution is -0.135. The minimum atomic E-state index is -4.13. The van der Waals surface area contributed by atoms with E-state index >= 15 is 0 Å². The predicted octanol–water partition coefficient (Wildman–Crippen LogP) is 1.77. The van der Waals surface area contributed by atoms with Crippen molar-refractivity contribution in [1.82, 2.24) is 4.57 Å². The van der Waals surface area contributed by atoms with Crippen LogP contribution in [0.5, 0.6) is 0 Å². The summed E-state index contributed by atoms with van der Waals surface area (Å²) in [5, 5.41) is 0. The van der Waals surface area contributed by atoms with Gasteiger partial charge in [-0.3, -0.25) is 4.79 Å². The number of aryl methyl sites for hydroxylation is 1. The van der Waals surface area contributed by atoms with Crippen molar-refractivity contribution < 1.29 is 13.2 Å². The first-order valence-electron chi connectivity index (χ1n) is 4.41. The molecule has 15 heavy (non-hydrogen) atoms. The van der Waals surface area contributed by atoms with Gasteiger partial charge in [0.2, 0.25) is 5.43 Å². The molecule has 0 amide bonds. The van der Waals surface area contributed by atoms with Gasteiger partial charge in [-0.2, -0.15) is 13.2 Å². The second-order valence-corrected chi connectivity index (χ2v) is 3.22. The summed E-state index contributed by atoms with van der Waals surface area (Å²) in [6.45, 7) is 0.198. The second kappa shape index (κ2) is 4.37. The number of pyridine rings is 1. The van der Waals surface area contributed by atoms with Crippen LogP contribution >= 0.6 is 0 Å². The molecule has 0 aliphatic rings. The normalized spacial score (nSPS) is 11.7. The molecule has 0 spiro atoms.